The Balaban J connectivity index is 2.74. The Morgan fingerprint density at radius 1 is 1.50 bits per heavy atom. The van der Waals surface area contributed by atoms with Crippen molar-refractivity contribution >= 4 is 6.09 Å². The van der Waals surface area contributed by atoms with Crippen LogP contribution in [0.5, 0.6) is 0 Å². The number of ether oxygens (including phenoxy) is 1. The van der Waals surface area contributed by atoms with Gasteiger partial charge in [-0.1, -0.05) is 18.2 Å². The highest BCUT2D eigenvalue weighted by Crippen LogP contribution is 2.21. The minimum absolute atomic E-state index is 0.110. The van der Waals surface area contributed by atoms with E-state index in [1.807, 2.05) is 0 Å². The zero-order valence-corrected chi connectivity index (χ0v) is 9.11. The van der Waals surface area contributed by atoms with Crippen LogP contribution in [0.15, 0.2) is 24.3 Å². The molecule has 0 aliphatic carbocycles. The van der Waals surface area contributed by atoms with Crippen molar-refractivity contribution in [2.45, 2.75) is 19.1 Å². The Morgan fingerprint density at radius 3 is 2.69 bits per heavy atom. The molecule has 1 aromatic rings. The lowest BCUT2D eigenvalue weighted by atomic mass is 10.1. The molecule has 1 aromatic carbocycles. The highest BCUT2D eigenvalue weighted by Gasteiger charge is 2.22. The van der Waals surface area contributed by atoms with E-state index in [1.165, 1.54) is 32.2 Å². The first kappa shape index (κ1) is 12.4. The van der Waals surface area contributed by atoms with Crippen molar-refractivity contribution in [3.05, 3.63) is 35.6 Å². The van der Waals surface area contributed by atoms with Gasteiger partial charge in [-0.2, -0.15) is 0 Å². The summed E-state index contributed by atoms with van der Waals surface area (Å²) in [6.07, 6.45) is -2.67. The molecule has 5 heteroatoms. The number of hydrogen-bond donors (Lipinski definition) is 2. The molecule has 0 aliphatic heterocycles. The van der Waals surface area contributed by atoms with Gasteiger partial charge in [-0.05, 0) is 13.0 Å². The number of rotatable bonds is 3. The SMILES string of the molecule is CNC(=O)O[C@@H](C)[C@@H](O)c1ccccc1F. The van der Waals surface area contributed by atoms with Crippen LogP contribution in [0, 0.1) is 5.82 Å². The zero-order valence-electron chi connectivity index (χ0n) is 9.11. The molecule has 2 N–H and O–H groups in total. The number of aliphatic hydroxyl groups is 1. The number of aliphatic hydroxyl groups excluding tert-OH is 1. The molecular formula is C11H14FNO3. The molecule has 0 aromatic heterocycles. The van der Waals surface area contributed by atoms with E-state index in [9.17, 15) is 14.3 Å². The highest BCUT2D eigenvalue weighted by molar-refractivity contribution is 5.66. The van der Waals surface area contributed by atoms with E-state index in [2.05, 4.69) is 5.32 Å². The third kappa shape index (κ3) is 2.93. The van der Waals surface area contributed by atoms with Gasteiger partial charge in [-0.3, -0.25) is 0 Å². The second-order valence-electron chi connectivity index (χ2n) is 3.33. The first-order valence-electron chi connectivity index (χ1n) is 4.87. The lowest BCUT2D eigenvalue weighted by Crippen LogP contribution is -2.28. The second-order valence-corrected chi connectivity index (χ2v) is 3.33. The molecule has 2 atom stereocenters. The Morgan fingerprint density at radius 2 is 2.12 bits per heavy atom. The normalized spacial score (nSPS) is 14.0. The van der Waals surface area contributed by atoms with Gasteiger partial charge in [0, 0.05) is 12.6 Å². The lowest BCUT2D eigenvalue weighted by Gasteiger charge is -2.19. The number of alkyl carbamates (subject to hydrolysis) is 1. The quantitative estimate of drug-likeness (QED) is 0.824. The van der Waals surface area contributed by atoms with Crippen molar-refractivity contribution < 1.29 is 19.0 Å². The average Bonchev–Trinajstić information content (AvgIpc) is 2.28. The van der Waals surface area contributed by atoms with Crippen molar-refractivity contribution in [3.63, 3.8) is 0 Å². The maximum absolute atomic E-state index is 13.3. The summed E-state index contributed by atoms with van der Waals surface area (Å²) in [6.45, 7) is 1.49. The monoisotopic (exact) mass is 227 g/mol. The fourth-order valence-corrected chi connectivity index (χ4v) is 1.26. The van der Waals surface area contributed by atoms with Crippen molar-refractivity contribution in [1.82, 2.24) is 5.32 Å². The predicted molar refractivity (Wildman–Crippen MR) is 56.4 cm³/mol. The Kier molecular flexibility index (Phi) is 4.25. The number of carbonyl (C=O) groups excluding carboxylic acids is 1. The number of benzene rings is 1. The van der Waals surface area contributed by atoms with Crippen LogP contribution in [0.25, 0.3) is 0 Å². The number of carbonyl (C=O) groups is 1. The lowest BCUT2D eigenvalue weighted by molar-refractivity contribution is 0.0109. The zero-order chi connectivity index (χ0) is 12.1. The fraction of sp³-hybridized carbons (Fsp3) is 0.364. The topological polar surface area (TPSA) is 58.6 Å². The molecule has 0 heterocycles. The van der Waals surface area contributed by atoms with E-state index in [1.54, 1.807) is 6.07 Å². The van der Waals surface area contributed by atoms with Gasteiger partial charge < -0.3 is 15.2 Å². The van der Waals surface area contributed by atoms with Crippen LogP contribution in [-0.2, 0) is 4.74 Å². The third-order valence-electron chi connectivity index (χ3n) is 2.17. The molecule has 0 aliphatic rings. The molecular weight excluding hydrogens is 213 g/mol. The molecule has 0 unspecified atom stereocenters. The smallest absolute Gasteiger partial charge is 0.407 e. The molecule has 0 bridgehead atoms. The van der Waals surface area contributed by atoms with Crippen LogP contribution in [0.2, 0.25) is 0 Å². The van der Waals surface area contributed by atoms with Crippen molar-refractivity contribution in [3.8, 4) is 0 Å². The van der Waals surface area contributed by atoms with Crippen LogP contribution in [0.1, 0.15) is 18.6 Å². The molecule has 4 nitrogen and oxygen atoms in total. The average molecular weight is 227 g/mol. The van der Waals surface area contributed by atoms with Gasteiger partial charge in [0.1, 0.15) is 18.0 Å². The van der Waals surface area contributed by atoms with E-state index in [0.717, 1.165) is 0 Å². The van der Waals surface area contributed by atoms with Gasteiger partial charge in [0.05, 0.1) is 0 Å². The summed E-state index contributed by atoms with van der Waals surface area (Å²) in [5, 5.41) is 12.0. The Hall–Kier alpha value is -1.62. The molecule has 0 spiro atoms. The Bertz CT molecular complexity index is 370. The molecule has 88 valence electrons. The van der Waals surface area contributed by atoms with E-state index < -0.39 is 24.1 Å². The van der Waals surface area contributed by atoms with Gasteiger partial charge in [0.2, 0.25) is 0 Å². The van der Waals surface area contributed by atoms with Gasteiger partial charge >= 0.3 is 6.09 Å². The van der Waals surface area contributed by atoms with Crippen LogP contribution < -0.4 is 5.32 Å². The van der Waals surface area contributed by atoms with Crippen molar-refractivity contribution in [1.29, 1.82) is 0 Å². The van der Waals surface area contributed by atoms with Gasteiger partial charge in [-0.15, -0.1) is 0 Å². The number of halogens is 1. The number of amides is 1. The number of nitrogens with one attached hydrogen (secondary N) is 1. The van der Waals surface area contributed by atoms with E-state index in [0.29, 0.717) is 0 Å². The molecule has 0 saturated carbocycles. The Labute approximate surface area is 93.0 Å². The van der Waals surface area contributed by atoms with E-state index in [-0.39, 0.29) is 5.56 Å². The summed E-state index contributed by atoms with van der Waals surface area (Å²) in [4.78, 5) is 10.9. The summed E-state index contributed by atoms with van der Waals surface area (Å²) in [7, 11) is 1.41. The number of hydrogen-bond acceptors (Lipinski definition) is 3. The third-order valence-corrected chi connectivity index (χ3v) is 2.17. The molecule has 16 heavy (non-hydrogen) atoms. The van der Waals surface area contributed by atoms with Crippen molar-refractivity contribution in [2.24, 2.45) is 0 Å². The molecule has 1 amide bonds. The standard InChI is InChI=1S/C11H14FNO3/c1-7(16-11(15)13-2)10(14)8-5-3-4-6-9(8)12/h3-7,10,14H,1-2H3,(H,13,15)/t7-,10+/m0/s1. The summed E-state index contributed by atoms with van der Waals surface area (Å²) < 4.78 is 18.1. The fourth-order valence-electron chi connectivity index (χ4n) is 1.26. The minimum atomic E-state index is -1.18. The van der Waals surface area contributed by atoms with Crippen LogP contribution >= 0.6 is 0 Å². The summed E-state index contributed by atoms with van der Waals surface area (Å²) in [6, 6.07) is 5.82. The van der Waals surface area contributed by atoms with Gasteiger partial charge in [0.25, 0.3) is 0 Å². The van der Waals surface area contributed by atoms with Crippen molar-refractivity contribution in [2.75, 3.05) is 7.05 Å². The van der Waals surface area contributed by atoms with Crippen LogP contribution in [0.4, 0.5) is 9.18 Å². The summed E-state index contributed by atoms with van der Waals surface area (Å²) >= 11 is 0. The first-order valence-corrected chi connectivity index (χ1v) is 4.87. The van der Waals surface area contributed by atoms with Gasteiger partial charge in [0.15, 0.2) is 0 Å². The summed E-state index contributed by atoms with van der Waals surface area (Å²) in [5.74, 6) is -0.526. The van der Waals surface area contributed by atoms with E-state index in [4.69, 9.17) is 4.74 Å². The molecule has 1 rings (SSSR count). The summed E-state index contributed by atoms with van der Waals surface area (Å²) in [5.41, 5.74) is 0.110. The van der Waals surface area contributed by atoms with Crippen LogP contribution in [0.3, 0.4) is 0 Å². The largest absolute Gasteiger partial charge is 0.443 e. The predicted octanol–water partition coefficient (Wildman–Crippen LogP) is 1.60. The minimum Gasteiger partial charge on any atom is -0.443 e. The second kappa shape index (κ2) is 5.46. The van der Waals surface area contributed by atoms with Crippen LogP contribution in [-0.4, -0.2) is 24.4 Å². The first-order chi connectivity index (χ1) is 7.56. The maximum atomic E-state index is 13.3. The van der Waals surface area contributed by atoms with Gasteiger partial charge in [-0.25, -0.2) is 9.18 Å². The molecule has 0 saturated heterocycles. The molecule has 0 fully saturated rings. The maximum Gasteiger partial charge on any atom is 0.407 e. The highest BCUT2D eigenvalue weighted by atomic mass is 19.1. The molecule has 0 radical (unpaired) electrons. The van der Waals surface area contributed by atoms with E-state index >= 15 is 0 Å².